The van der Waals surface area contributed by atoms with Gasteiger partial charge in [-0.05, 0) is 12.5 Å². The summed E-state index contributed by atoms with van der Waals surface area (Å²) in [5.41, 5.74) is 0. The molecule has 1 N–H and O–H groups in total. The average Bonchev–Trinajstić information content (AvgIpc) is 2.13. The molecule has 0 saturated heterocycles. The fourth-order valence-corrected chi connectivity index (χ4v) is 1.81. The van der Waals surface area contributed by atoms with E-state index in [2.05, 4.69) is 12.2 Å². The maximum atomic E-state index is 11.1. The number of sulfone groups is 1. The van der Waals surface area contributed by atoms with Crippen molar-refractivity contribution in [2.75, 3.05) is 38.3 Å². The predicted molar refractivity (Wildman–Crippen MR) is 58.2 cm³/mol. The van der Waals surface area contributed by atoms with Gasteiger partial charge in [-0.3, -0.25) is 0 Å². The zero-order valence-electron chi connectivity index (χ0n) is 9.25. The van der Waals surface area contributed by atoms with E-state index in [0.717, 1.165) is 6.54 Å². The van der Waals surface area contributed by atoms with Crippen molar-refractivity contribution in [1.29, 1.82) is 0 Å². The molecule has 0 aliphatic heterocycles. The Morgan fingerprint density at radius 2 is 2.07 bits per heavy atom. The molecule has 0 fully saturated rings. The SMILES string of the molecule is CCS(=O)(=O)CCNCC(C)COC. The van der Waals surface area contributed by atoms with Gasteiger partial charge in [0, 0.05) is 26.0 Å². The molecule has 0 amide bonds. The van der Waals surface area contributed by atoms with Gasteiger partial charge >= 0.3 is 0 Å². The van der Waals surface area contributed by atoms with Crippen LogP contribution in [0.1, 0.15) is 13.8 Å². The molecule has 0 heterocycles. The predicted octanol–water partition coefficient (Wildman–Crippen LogP) is 0.293. The average molecular weight is 223 g/mol. The van der Waals surface area contributed by atoms with E-state index >= 15 is 0 Å². The first-order chi connectivity index (χ1) is 6.52. The molecule has 0 spiro atoms. The molecule has 0 aromatic carbocycles. The van der Waals surface area contributed by atoms with Gasteiger partial charge in [-0.2, -0.15) is 0 Å². The van der Waals surface area contributed by atoms with Crippen molar-refractivity contribution in [3.8, 4) is 0 Å². The number of hydrogen-bond donors (Lipinski definition) is 1. The highest BCUT2D eigenvalue weighted by atomic mass is 32.2. The molecule has 0 aliphatic carbocycles. The second kappa shape index (κ2) is 7.20. The molecule has 0 aromatic rings. The summed E-state index contributed by atoms with van der Waals surface area (Å²) in [5, 5.41) is 3.10. The van der Waals surface area contributed by atoms with Crippen LogP contribution in [-0.4, -0.2) is 46.7 Å². The monoisotopic (exact) mass is 223 g/mol. The van der Waals surface area contributed by atoms with Crippen LogP contribution in [0, 0.1) is 5.92 Å². The van der Waals surface area contributed by atoms with E-state index in [1.165, 1.54) is 0 Å². The van der Waals surface area contributed by atoms with E-state index in [1.54, 1.807) is 14.0 Å². The first kappa shape index (κ1) is 13.9. The van der Waals surface area contributed by atoms with Crippen molar-refractivity contribution in [2.45, 2.75) is 13.8 Å². The van der Waals surface area contributed by atoms with Crippen LogP contribution >= 0.6 is 0 Å². The molecule has 4 nitrogen and oxygen atoms in total. The lowest BCUT2D eigenvalue weighted by Gasteiger charge is -2.10. The highest BCUT2D eigenvalue weighted by molar-refractivity contribution is 7.91. The number of hydrogen-bond acceptors (Lipinski definition) is 4. The van der Waals surface area contributed by atoms with Gasteiger partial charge in [-0.25, -0.2) is 8.42 Å². The van der Waals surface area contributed by atoms with Crippen molar-refractivity contribution in [2.24, 2.45) is 5.92 Å². The van der Waals surface area contributed by atoms with Gasteiger partial charge in [-0.15, -0.1) is 0 Å². The Labute approximate surface area is 86.9 Å². The smallest absolute Gasteiger partial charge is 0.151 e. The fourth-order valence-electron chi connectivity index (χ4n) is 1.06. The second-order valence-corrected chi connectivity index (χ2v) is 5.97. The van der Waals surface area contributed by atoms with Crippen LogP contribution in [0.5, 0.6) is 0 Å². The molecule has 0 bridgehead atoms. The summed E-state index contributed by atoms with van der Waals surface area (Å²) in [7, 11) is -1.16. The van der Waals surface area contributed by atoms with Crippen molar-refractivity contribution < 1.29 is 13.2 Å². The molecule has 86 valence electrons. The van der Waals surface area contributed by atoms with Gasteiger partial charge in [0.25, 0.3) is 0 Å². The van der Waals surface area contributed by atoms with Crippen LogP contribution in [0.3, 0.4) is 0 Å². The minimum Gasteiger partial charge on any atom is -0.384 e. The Kier molecular flexibility index (Phi) is 7.13. The summed E-state index contributed by atoms with van der Waals surface area (Å²) in [6.07, 6.45) is 0. The third-order valence-corrected chi connectivity index (χ3v) is 3.68. The van der Waals surface area contributed by atoms with Gasteiger partial charge in [0.15, 0.2) is 9.84 Å². The van der Waals surface area contributed by atoms with Gasteiger partial charge in [0.05, 0.1) is 5.75 Å². The number of rotatable bonds is 8. The lowest BCUT2D eigenvalue weighted by atomic mass is 10.2. The van der Waals surface area contributed by atoms with E-state index in [9.17, 15) is 8.42 Å². The zero-order valence-corrected chi connectivity index (χ0v) is 10.1. The van der Waals surface area contributed by atoms with E-state index in [-0.39, 0.29) is 11.5 Å². The molecule has 1 unspecified atom stereocenters. The quantitative estimate of drug-likeness (QED) is 0.601. The molecular weight excluding hydrogens is 202 g/mol. The zero-order chi connectivity index (χ0) is 11.0. The maximum absolute atomic E-state index is 11.1. The molecule has 0 aliphatic rings. The van der Waals surface area contributed by atoms with E-state index in [0.29, 0.717) is 19.1 Å². The molecule has 5 heteroatoms. The number of nitrogens with one attached hydrogen (secondary N) is 1. The summed E-state index contributed by atoms with van der Waals surface area (Å²) < 4.78 is 27.2. The lowest BCUT2D eigenvalue weighted by Crippen LogP contribution is -2.29. The molecule has 0 radical (unpaired) electrons. The van der Waals surface area contributed by atoms with Crippen LogP contribution < -0.4 is 5.32 Å². The summed E-state index contributed by atoms with van der Waals surface area (Å²) in [6.45, 7) is 5.76. The van der Waals surface area contributed by atoms with Crippen LogP contribution in [0.2, 0.25) is 0 Å². The third kappa shape index (κ3) is 7.29. The van der Waals surface area contributed by atoms with Crippen molar-refractivity contribution >= 4 is 9.84 Å². The van der Waals surface area contributed by atoms with E-state index < -0.39 is 9.84 Å². The van der Waals surface area contributed by atoms with Crippen molar-refractivity contribution in [3.63, 3.8) is 0 Å². The second-order valence-electron chi connectivity index (χ2n) is 3.50. The van der Waals surface area contributed by atoms with E-state index in [1.807, 2.05) is 0 Å². The number of ether oxygens (including phenoxy) is 1. The summed E-state index contributed by atoms with van der Waals surface area (Å²) in [5.74, 6) is 0.871. The molecule has 0 saturated carbocycles. The van der Waals surface area contributed by atoms with Gasteiger partial charge < -0.3 is 10.1 Å². The number of methoxy groups -OCH3 is 1. The Morgan fingerprint density at radius 1 is 1.43 bits per heavy atom. The van der Waals surface area contributed by atoms with Crippen LogP contribution in [0.25, 0.3) is 0 Å². The Bertz CT molecular complexity index is 226. The van der Waals surface area contributed by atoms with Gasteiger partial charge in [0.1, 0.15) is 0 Å². The molecule has 0 rings (SSSR count). The Balaban J connectivity index is 3.47. The summed E-state index contributed by atoms with van der Waals surface area (Å²) in [4.78, 5) is 0. The largest absolute Gasteiger partial charge is 0.384 e. The van der Waals surface area contributed by atoms with Crippen molar-refractivity contribution in [1.82, 2.24) is 5.32 Å². The first-order valence-electron chi connectivity index (χ1n) is 4.92. The minimum absolute atomic E-state index is 0.225. The topological polar surface area (TPSA) is 55.4 Å². The molecule has 0 aromatic heterocycles. The fraction of sp³-hybridized carbons (Fsp3) is 1.00. The minimum atomic E-state index is -2.82. The summed E-state index contributed by atoms with van der Waals surface area (Å²) in [6, 6.07) is 0. The first-order valence-corrected chi connectivity index (χ1v) is 6.74. The summed E-state index contributed by atoms with van der Waals surface area (Å²) >= 11 is 0. The maximum Gasteiger partial charge on any atom is 0.151 e. The Hall–Kier alpha value is -0.130. The van der Waals surface area contributed by atoms with Gasteiger partial charge in [0.2, 0.25) is 0 Å². The Morgan fingerprint density at radius 3 is 2.57 bits per heavy atom. The van der Waals surface area contributed by atoms with E-state index in [4.69, 9.17) is 4.74 Å². The molecule has 1 atom stereocenters. The van der Waals surface area contributed by atoms with Crippen LogP contribution in [0.15, 0.2) is 0 Å². The van der Waals surface area contributed by atoms with Gasteiger partial charge in [-0.1, -0.05) is 13.8 Å². The third-order valence-electron chi connectivity index (χ3n) is 1.97. The molecule has 14 heavy (non-hydrogen) atoms. The highest BCUT2D eigenvalue weighted by Crippen LogP contribution is 1.92. The highest BCUT2D eigenvalue weighted by Gasteiger charge is 2.06. The van der Waals surface area contributed by atoms with Crippen LogP contribution in [-0.2, 0) is 14.6 Å². The van der Waals surface area contributed by atoms with Crippen molar-refractivity contribution in [3.05, 3.63) is 0 Å². The standard InChI is InChI=1S/C9H21NO3S/c1-4-14(11,12)6-5-10-7-9(2)8-13-3/h9-10H,4-8H2,1-3H3. The van der Waals surface area contributed by atoms with Crippen LogP contribution in [0.4, 0.5) is 0 Å². The molecular formula is C9H21NO3S. The lowest BCUT2D eigenvalue weighted by molar-refractivity contribution is 0.159. The normalized spacial score (nSPS) is 14.2.